The normalized spacial score (nSPS) is 12.5. The third kappa shape index (κ3) is 36.4. The Bertz CT molecular complexity index is 588. The highest BCUT2D eigenvalue weighted by molar-refractivity contribution is 5.66. The molecule has 0 aliphatic rings. The lowest BCUT2D eigenvalue weighted by molar-refractivity contribution is -0.138. The number of carboxylic acid groups (broad SMARTS) is 2. The maximum absolute atomic E-state index is 10.5. The van der Waals surface area contributed by atoms with E-state index in [4.69, 9.17) is 10.2 Å². The summed E-state index contributed by atoms with van der Waals surface area (Å²) in [4.78, 5) is 20.9. The van der Waals surface area contributed by atoms with Gasteiger partial charge in [-0.05, 0) is 77.0 Å². The SMILES string of the molecule is O=C(O)CCCCCCCC=CCCCCCCCCC(O)CCCCCCCCC=CCCCCCCCC(=O)O. The van der Waals surface area contributed by atoms with Crippen LogP contribution in [0.5, 0.6) is 0 Å². The van der Waals surface area contributed by atoms with Gasteiger partial charge in [-0.2, -0.15) is 0 Å². The van der Waals surface area contributed by atoms with E-state index in [9.17, 15) is 14.7 Å². The fraction of sp³-hybridized carbons (Fsp3) is 0.838. The van der Waals surface area contributed by atoms with Crippen LogP contribution in [-0.4, -0.2) is 33.4 Å². The summed E-state index contributed by atoms with van der Waals surface area (Å²) in [6.45, 7) is 0. The lowest BCUT2D eigenvalue weighted by Gasteiger charge is -2.10. The summed E-state index contributed by atoms with van der Waals surface area (Å²) in [5.74, 6) is -1.35. The minimum Gasteiger partial charge on any atom is -0.481 e. The van der Waals surface area contributed by atoms with Gasteiger partial charge in [-0.15, -0.1) is 0 Å². The fourth-order valence-electron chi connectivity index (χ4n) is 5.45. The molecule has 0 atom stereocenters. The predicted molar refractivity (Wildman–Crippen MR) is 178 cm³/mol. The molecule has 0 aliphatic carbocycles. The maximum atomic E-state index is 10.5. The number of hydrogen-bond donors (Lipinski definition) is 3. The summed E-state index contributed by atoms with van der Waals surface area (Å²) in [5.41, 5.74) is 0. The van der Waals surface area contributed by atoms with E-state index in [-0.39, 0.29) is 6.10 Å². The Morgan fingerprint density at radius 2 is 0.619 bits per heavy atom. The van der Waals surface area contributed by atoms with E-state index in [2.05, 4.69) is 24.3 Å². The standard InChI is InChI=1S/C37H68O5/c38-35(31-27-23-19-15-11-7-3-1-5-9-13-17-21-25-29-33-36(39)40)32-28-24-20-16-12-8-4-2-6-10-14-18-22-26-30-34-37(41)42/h1-2,5-6,35,38H,3-4,7-34H2,(H,39,40)(H,41,42). The molecule has 0 radical (unpaired) electrons. The lowest BCUT2D eigenvalue weighted by atomic mass is 10.0. The monoisotopic (exact) mass is 593 g/mol. The zero-order valence-corrected chi connectivity index (χ0v) is 27.3. The van der Waals surface area contributed by atoms with Gasteiger partial charge in [0.2, 0.25) is 0 Å². The molecule has 0 aliphatic heterocycles. The molecule has 0 bridgehead atoms. The molecule has 0 saturated carbocycles. The average molecular weight is 593 g/mol. The highest BCUT2D eigenvalue weighted by Gasteiger charge is 2.04. The van der Waals surface area contributed by atoms with Crippen LogP contribution in [0.2, 0.25) is 0 Å². The van der Waals surface area contributed by atoms with Gasteiger partial charge in [-0.25, -0.2) is 0 Å². The van der Waals surface area contributed by atoms with E-state index >= 15 is 0 Å². The molecule has 0 unspecified atom stereocenters. The van der Waals surface area contributed by atoms with E-state index in [1.54, 1.807) is 0 Å². The summed E-state index contributed by atoms with van der Waals surface area (Å²) in [7, 11) is 0. The van der Waals surface area contributed by atoms with Crippen molar-refractivity contribution in [3.05, 3.63) is 24.3 Å². The molecule has 0 aromatic rings. The van der Waals surface area contributed by atoms with E-state index < -0.39 is 11.9 Å². The van der Waals surface area contributed by atoms with Gasteiger partial charge in [0.1, 0.15) is 0 Å². The van der Waals surface area contributed by atoms with Crippen LogP contribution in [-0.2, 0) is 9.59 Å². The summed E-state index contributed by atoms with van der Waals surface area (Å²) in [6, 6.07) is 0. The zero-order chi connectivity index (χ0) is 30.8. The fourth-order valence-corrected chi connectivity index (χ4v) is 5.45. The number of allylic oxidation sites excluding steroid dienone is 4. The van der Waals surface area contributed by atoms with Gasteiger partial charge in [0.15, 0.2) is 0 Å². The minimum absolute atomic E-state index is 0.102. The van der Waals surface area contributed by atoms with Gasteiger partial charge in [-0.1, -0.05) is 127 Å². The molecule has 42 heavy (non-hydrogen) atoms. The Labute approximate surface area is 259 Å². The van der Waals surface area contributed by atoms with Crippen molar-refractivity contribution in [1.82, 2.24) is 0 Å². The van der Waals surface area contributed by atoms with Crippen LogP contribution in [0.1, 0.15) is 193 Å². The molecule has 0 spiro atoms. The second kappa shape index (κ2) is 33.9. The Morgan fingerprint density at radius 3 is 0.905 bits per heavy atom. The molecule has 0 heterocycles. The molecule has 5 heteroatoms. The van der Waals surface area contributed by atoms with Gasteiger partial charge in [0, 0.05) is 12.8 Å². The van der Waals surface area contributed by atoms with Gasteiger partial charge in [0.25, 0.3) is 0 Å². The lowest BCUT2D eigenvalue weighted by Crippen LogP contribution is -2.05. The number of aliphatic hydroxyl groups excluding tert-OH is 1. The molecule has 0 fully saturated rings. The van der Waals surface area contributed by atoms with Crippen LogP contribution in [0.15, 0.2) is 24.3 Å². The van der Waals surface area contributed by atoms with Crippen molar-refractivity contribution in [2.24, 2.45) is 0 Å². The number of carbonyl (C=O) groups is 2. The quantitative estimate of drug-likeness (QED) is 0.0510. The summed E-state index contributed by atoms with van der Waals surface area (Å²) < 4.78 is 0. The van der Waals surface area contributed by atoms with E-state index in [1.807, 2.05) is 0 Å². The second-order valence-corrected chi connectivity index (χ2v) is 12.4. The smallest absolute Gasteiger partial charge is 0.303 e. The molecule has 0 aromatic heterocycles. The number of aliphatic carboxylic acids is 2. The second-order valence-electron chi connectivity index (χ2n) is 12.4. The third-order valence-electron chi connectivity index (χ3n) is 8.17. The largest absolute Gasteiger partial charge is 0.481 e. The molecular formula is C37H68O5. The number of carboxylic acids is 2. The first kappa shape index (κ1) is 40.4. The minimum atomic E-state index is -0.677. The van der Waals surface area contributed by atoms with E-state index in [0.717, 1.165) is 77.0 Å². The van der Waals surface area contributed by atoms with Gasteiger partial charge < -0.3 is 15.3 Å². The van der Waals surface area contributed by atoms with E-state index in [1.165, 1.54) is 103 Å². The van der Waals surface area contributed by atoms with E-state index in [0.29, 0.717) is 12.8 Å². The van der Waals surface area contributed by atoms with Crippen molar-refractivity contribution in [1.29, 1.82) is 0 Å². The Morgan fingerprint density at radius 1 is 0.381 bits per heavy atom. The molecule has 3 N–H and O–H groups in total. The van der Waals surface area contributed by atoms with Crippen molar-refractivity contribution in [2.75, 3.05) is 0 Å². The predicted octanol–water partition coefficient (Wildman–Crippen LogP) is 11.3. The van der Waals surface area contributed by atoms with Crippen LogP contribution in [0.4, 0.5) is 0 Å². The number of rotatable bonds is 34. The number of aliphatic hydroxyl groups is 1. The summed E-state index contributed by atoms with van der Waals surface area (Å²) in [6.07, 6.45) is 42.6. The van der Waals surface area contributed by atoms with Crippen molar-refractivity contribution < 1.29 is 24.9 Å². The molecule has 0 rings (SSSR count). The molecular weight excluding hydrogens is 524 g/mol. The molecule has 0 aromatic carbocycles. The molecule has 0 saturated heterocycles. The van der Waals surface area contributed by atoms with Crippen LogP contribution >= 0.6 is 0 Å². The number of hydrogen-bond acceptors (Lipinski definition) is 3. The first-order valence-electron chi connectivity index (χ1n) is 17.9. The van der Waals surface area contributed by atoms with Crippen LogP contribution in [0, 0.1) is 0 Å². The average Bonchev–Trinajstić information content (AvgIpc) is 2.96. The number of unbranched alkanes of at least 4 members (excludes halogenated alkanes) is 22. The highest BCUT2D eigenvalue weighted by atomic mass is 16.4. The molecule has 5 nitrogen and oxygen atoms in total. The van der Waals surface area contributed by atoms with Crippen molar-refractivity contribution in [3.63, 3.8) is 0 Å². The topological polar surface area (TPSA) is 94.8 Å². The highest BCUT2D eigenvalue weighted by Crippen LogP contribution is 2.15. The molecule has 246 valence electrons. The Hall–Kier alpha value is -1.62. The van der Waals surface area contributed by atoms with Crippen LogP contribution in [0.25, 0.3) is 0 Å². The van der Waals surface area contributed by atoms with Crippen LogP contribution in [0.3, 0.4) is 0 Å². The Kier molecular flexibility index (Phi) is 32.6. The molecule has 0 amide bonds. The van der Waals surface area contributed by atoms with Gasteiger partial charge in [0.05, 0.1) is 6.10 Å². The van der Waals surface area contributed by atoms with Gasteiger partial charge >= 0.3 is 11.9 Å². The third-order valence-corrected chi connectivity index (χ3v) is 8.17. The first-order valence-corrected chi connectivity index (χ1v) is 17.9. The Balaban J connectivity index is 3.25. The van der Waals surface area contributed by atoms with Crippen molar-refractivity contribution >= 4 is 11.9 Å². The van der Waals surface area contributed by atoms with Crippen molar-refractivity contribution in [3.8, 4) is 0 Å². The summed E-state index contributed by atoms with van der Waals surface area (Å²) >= 11 is 0. The first-order chi connectivity index (χ1) is 20.5. The van der Waals surface area contributed by atoms with Gasteiger partial charge in [-0.3, -0.25) is 9.59 Å². The summed E-state index contributed by atoms with van der Waals surface area (Å²) in [5, 5.41) is 27.5. The maximum Gasteiger partial charge on any atom is 0.303 e. The zero-order valence-electron chi connectivity index (χ0n) is 27.3. The van der Waals surface area contributed by atoms with Crippen LogP contribution < -0.4 is 0 Å². The van der Waals surface area contributed by atoms with Crippen molar-refractivity contribution in [2.45, 2.75) is 199 Å².